The van der Waals surface area contributed by atoms with E-state index >= 15 is 0 Å². The molecule has 1 N–H and O–H groups in total. The number of nitrogens with zero attached hydrogens (tertiary/aromatic N) is 2. The maximum absolute atomic E-state index is 13.0. The molecule has 1 aliphatic carbocycles. The van der Waals surface area contributed by atoms with E-state index in [0.29, 0.717) is 35.6 Å². The Kier molecular flexibility index (Phi) is 3.84. The molecular weight excluding hydrogens is 346 g/mol. The van der Waals surface area contributed by atoms with Crippen LogP contribution in [-0.2, 0) is 11.2 Å². The van der Waals surface area contributed by atoms with Crippen LogP contribution in [0.5, 0.6) is 0 Å². The molecule has 1 saturated carbocycles. The lowest BCUT2D eigenvalue weighted by molar-refractivity contribution is -0.132. The van der Waals surface area contributed by atoms with E-state index in [2.05, 4.69) is 59.9 Å². The van der Waals surface area contributed by atoms with Crippen molar-refractivity contribution in [1.29, 1.82) is 0 Å². The minimum Gasteiger partial charge on any atom is -0.353 e. The van der Waals surface area contributed by atoms with Crippen LogP contribution < -0.4 is 0 Å². The zero-order chi connectivity index (χ0) is 19.5. The minimum atomic E-state index is 0.295. The molecule has 4 nitrogen and oxygen atoms in total. The predicted octanol–water partition coefficient (Wildman–Crippen LogP) is 5.08. The van der Waals surface area contributed by atoms with Crippen molar-refractivity contribution in [2.75, 3.05) is 6.54 Å². The van der Waals surface area contributed by atoms with Crippen molar-refractivity contribution in [3.63, 3.8) is 0 Å². The molecule has 28 heavy (non-hydrogen) atoms. The molecule has 0 spiro atoms. The Morgan fingerprint density at radius 2 is 2.00 bits per heavy atom. The van der Waals surface area contributed by atoms with Gasteiger partial charge in [-0.15, -0.1) is 0 Å². The number of amides is 1. The van der Waals surface area contributed by atoms with E-state index in [0.717, 1.165) is 29.7 Å². The topological polar surface area (TPSA) is 49.0 Å². The monoisotopic (exact) mass is 375 g/mol. The lowest BCUT2D eigenvalue weighted by Crippen LogP contribution is -2.37. The molecule has 1 aliphatic heterocycles. The first kappa shape index (κ1) is 17.7. The number of aromatic amines is 1. The fourth-order valence-electron chi connectivity index (χ4n) is 6.06. The summed E-state index contributed by atoms with van der Waals surface area (Å²) in [6.07, 6.45) is 6.68. The van der Waals surface area contributed by atoms with Crippen molar-refractivity contribution in [1.82, 2.24) is 14.9 Å². The fraction of sp³-hybridized carbons (Fsp3) is 0.500. The van der Waals surface area contributed by atoms with Gasteiger partial charge in [-0.25, -0.2) is 0 Å². The highest BCUT2D eigenvalue weighted by molar-refractivity contribution is 6.06. The number of nitrogens with one attached hydrogen (secondary N) is 1. The van der Waals surface area contributed by atoms with Crippen molar-refractivity contribution in [3.8, 4) is 0 Å². The molecule has 1 aromatic carbocycles. The van der Waals surface area contributed by atoms with E-state index in [1.54, 1.807) is 0 Å². The summed E-state index contributed by atoms with van der Waals surface area (Å²) < 4.78 is 0. The van der Waals surface area contributed by atoms with Crippen LogP contribution in [0.3, 0.4) is 0 Å². The molecule has 1 saturated heterocycles. The van der Waals surface area contributed by atoms with Gasteiger partial charge in [0.25, 0.3) is 0 Å². The number of aromatic nitrogens is 2. The SMILES string of the molecule is CC1(C)CC2CC(C)(CN2C(=O)CCc2cc3c(cn2)[nH]c2ccccc23)C1. The zero-order valence-electron chi connectivity index (χ0n) is 17.1. The van der Waals surface area contributed by atoms with E-state index in [1.807, 2.05) is 12.3 Å². The van der Waals surface area contributed by atoms with Crippen LogP contribution in [0.25, 0.3) is 21.8 Å². The highest BCUT2D eigenvalue weighted by atomic mass is 16.2. The Labute approximate surface area is 166 Å². The number of hydrogen-bond donors (Lipinski definition) is 1. The Morgan fingerprint density at radius 1 is 1.18 bits per heavy atom. The molecule has 3 aromatic rings. The number of benzene rings is 1. The van der Waals surface area contributed by atoms with Gasteiger partial charge in [-0.2, -0.15) is 0 Å². The maximum Gasteiger partial charge on any atom is 0.223 e. The van der Waals surface area contributed by atoms with Gasteiger partial charge in [0.05, 0.1) is 11.7 Å². The van der Waals surface area contributed by atoms with E-state index in [9.17, 15) is 4.79 Å². The first-order chi connectivity index (χ1) is 13.3. The van der Waals surface area contributed by atoms with E-state index < -0.39 is 0 Å². The zero-order valence-corrected chi connectivity index (χ0v) is 17.1. The number of hydrogen-bond acceptors (Lipinski definition) is 2. The minimum absolute atomic E-state index is 0.295. The second-order valence-electron chi connectivity index (χ2n) is 10.1. The van der Waals surface area contributed by atoms with Crippen molar-refractivity contribution >= 4 is 27.7 Å². The molecule has 2 aromatic heterocycles. The predicted molar refractivity (Wildman–Crippen MR) is 113 cm³/mol. The van der Waals surface area contributed by atoms with Gasteiger partial charge in [0.15, 0.2) is 0 Å². The second kappa shape index (κ2) is 6.07. The number of rotatable bonds is 3. The van der Waals surface area contributed by atoms with Gasteiger partial charge in [0.2, 0.25) is 5.91 Å². The van der Waals surface area contributed by atoms with E-state index in [-0.39, 0.29) is 0 Å². The number of aryl methyl sites for hydroxylation is 1. The molecule has 146 valence electrons. The van der Waals surface area contributed by atoms with Crippen LogP contribution >= 0.6 is 0 Å². The normalized spacial score (nSPS) is 26.2. The van der Waals surface area contributed by atoms with E-state index in [4.69, 9.17) is 0 Å². The molecule has 2 unspecified atom stereocenters. The molecule has 3 heterocycles. The van der Waals surface area contributed by atoms with Crippen molar-refractivity contribution < 1.29 is 4.79 Å². The Morgan fingerprint density at radius 3 is 2.86 bits per heavy atom. The van der Waals surface area contributed by atoms with Crippen LogP contribution in [0.4, 0.5) is 0 Å². The van der Waals surface area contributed by atoms with Crippen LogP contribution in [0.1, 0.15) is 52.1 Å². The standard InChI is InChI=1S/C24H29N3O/c1-23(2)11-17-12-24(3,14-23)15-27(17)22(28)9-8-16-10-19-18-6-4-5-7-20(18)26-21(19)13-25-16/h4-7,10,13,17,26H,8-9,11-12,14-15H2,1-3H3. The third-order valence-electron chi connectivity index (χ3n) is 6.78. The lowest BCUT2D eigenvalue weighted by Gasteiger charge is -2.39. The molecule has 0 radical (unpaired) electrons. The summed E-state index contributed by atoms with van der Waals surface area (Å²) in [4.78, 5) is 23.2. The smallest absolute Gasteiger partial charge is 0.223 e. The average molecular weight is 376 g/mol. The van der Waals surface area contributed by atoms with Crippen LogP contribution in [-0.4, -0.2) is 33.4 Å². The van der Waals surface area contributed by atoms with E-state index in [1.165, 1.54) is 23.6 Å². The second-order valence-corrected chi connectivity index (χ2v) is 10.1. The molecule has 1 amide bonds. The van der Waals surface area contributed by atoms with Gasteiger partial charge in [-0.1, -0.05) is 39.0 Å². The summed E-state index contributed by atoms with van der Waals surface area (Å²) in [6.45, 7) is 7.99. The third kappa shape index (κ3) is 2.99. The summed E-state index contributed by atoms with van der Waals surface area (Å²) >= 11 is 0. The number of H-pyrrole nitrogens is 1. The van der Waals surface area contributed by atoms with Gasteiger partial charge in [0.1, 0.15) is 0 Å². The number of pyridine rings is 1. The summed E-state index contributed by atoms with van der Waals surface area (Å²) in [5, 5.41) is 2.41. The summed E-state index contributed by atoms with van der Waals surface area (Å²) in [7, 11) is 0. The number of carbonyl (C=O) groups is 1. The van der Waals surface area contributed by atoms with Crippen molar-refractivity contribution in [2.24, 2.45) is 10.8 Å². The Hall–Kier alpha value is -2.36. The number of para-hydroxylation sites is 1. The molecule has 5 rings (SSSR count). The van der Waals surface area contributed by atoms with Crippen molar-refractivity contribution in [3.05, 3.63) is 42.2 Å². The number of carbonyl (C=O) groups excluding carboxylic acids is 1. The molecule has 4 heteroatoms. The molecule has 2 fully saturated rings. The molecule has 2 aliphatic rings. The quantitative estimate of drug-likeness (QED) is 0.694. The molecular formula is C24H29N3O. The highest BCUT2D eigenvalue weighted by Gasteiger charge is 2.50. The molecule has 2 atom stereocenters. The summed E-state index contributed by atoms with van der Waals surface area (Å²) in [5.41, 5.74) is 3.82. The number of fused-ring (bicyclic) bond motifs is 5. The van der Waals surface area contributed by atoms with Gasteiger partial charge in [-0.05, 0) is 48.6 Å². The Bertz CT molecular complexity index is 1070. The Balaban J connectivity index is 1.32. The van der Waals surface area contributed by atoms with Gasteiger partial charge in [-0.3, -0.25) is 9.78 Å². The third-order valence-corrected chi connectivity index (χ3v) is 6.78. The number of likely N-dealkylation sites (tertiary alicyclic amines) is 1. The first-order valence-electron chi connectivity index (χ1n) is 10.5. The van der Waals surface area contributed by atoms with Crippen molar-refractivity contribution in [2.45, 2.75) is 58.9 Å². The first-order valence-corrected chi connectivity index (χ1v) is 10.5. The van der Waals surface area contributed by atoms with Crippen LogP contribution in [0.15, 0.2) is 36.5 Å². The largest absolute Gasteiger partial charge is 0.353 e. The van der Waals surface area contributed by atoms with Gasteiger partial charge in [0, 0.05) is 41.0 Å². The lowest BCUT2D eigenvalue weighted by atomic mass is 9.65. The van der Waals surface area contributed by atoms with Crippen LogP contribution in [0, 0.1) is 10.8 Å². The van der Waals surface area contributed by atoms with Gasteiger partial charge < -0.3 is 9.88 Å². The fourth-order valence-corrected chi connectivity index (χ4v) is 6.06. The molecule has 2 bridgehead atoms. The van der Waals surface area contributed by atoms with Crippen LogP contribution in [0.2, 0.25) is 0 Å². The average Bonchev–Trinajstić information content (AvgIpc) is 3.12. The highest BCUT2D eigenvalue weighted by Crippen LogP contribution is 2.52. The summed E-state index contributed by atoms with van der Waals surface area (Å²) in [6, 6.07) is 10.9. The summed E-state index contributed by atoms with van der Waals surface area (Å²) in [5.74, 6) is 0.298. The van der Waals surface area contributed by atoms with Gasteiger partial charge >= 0.3 is 0 Å². The maximum atomic E-state index is 13.0.